The molecule has 1 aromatic rings. The van der Waals surface area contributed by atoms with E-state index < -0.39 is 0 Å². The Balaban J connectivity index is 1.74. The normalized spacial score (nSPS) is 18.6. The lowest BCUT2D eigenvalue weighted by atomic mass is 10.0. The third-order valence-corrected chi connectivity index (χ3v) is 5.39. The number of carbonyl (C=O) groups excluding carboxylic acids is 1. The number of dihydropyridines is 1. The number of thiocarbonyl (C=S) groups is 1. The molecule has 1 aromatic heterocycles. The van der Waals surface area contributed by atoms with Gasteiger partial charge in [0.05, 0.1) is 23.4 Å². The minimum Gasteiger partial charge on any atom is -0.463 e. The van der Waals surface area contributed by atoms with E-state index in [1.54, 1.807) is 23.0 Å². The Morgan fingerprint density at radius 1 is 1.44 bits per heavy atom. The Bertz CT molecular complexity index is 677. The number of aromatic nitrogens is 1. The van der Waals surface area contributed by atoms with Gasteiger partial charge >= 0.3 is 5.97 Å². The van der Waals surface area contributed by atoms with E-state index in [-0.39, 0.29) is 5.97 Å². The molecule has 1 N–H and O–H groups in total. The van der Waals surface area contributed by atoms with Crippen LogP contribution < -0.4 is 5.32 Å². The Labute approximate surface area is 157 Å². The van der Waals surface area contributed by atoms with Crippen LogP contribution in [0.4, 0.5) is 0 Å². The number of nitrogens with zero attached hydrogens (tertiary/aromatic N) is 3. The highest BCUT2D eigenvalue weighted by Gasteiger charge is 2.25. The summed E-state index contributed by atoms with van der Waals surface area (Å²) < 4.78 is 5.24. The average Bonchev–Trinajstić information content (AvgIpc) is 3.17. The summed E-state index contributed by atoms with van der Waals surface area (Å²) in [5.74, 6) is -0.239. The van der Waals surface area contributed by atoms with E-state index in [1.807, 2.05) is 18.4 Å². The van der Waals surface area contributed by atoms with Gasteiger partial charge in [-0.15, -0.1) is 11.3 Å². The van der Waals surface area contributed by atoms with Crippen LogP contribution in [-0.4, -0.2) is 65.6 Å². The molecule has 8 heteroatoms. The number of rotatable bonds is 6. The van der Waals surface area contributed by atoms with E-state index in [1.165, 1.54) is 0 Å². The van der Waals surface area contributed by atoms with Gasteiger partial charge in [-0.05, 0) is 6.92 Å². The van der Waals surface area contributed by atoms with Gasteiger partial charge in [0.15, 0.2) is 0 Å². The first-order valence-corrected chi connectivity index (χ1v) is 9.74. The largest absolute Gasteiger partial charge is 0.463 e. The second-order valence-corrected chi connectivity index (χ2v) is 6.98. The van der Waals surface area contributed by atoms with Gasteiger partial charge in [-0.3, -0.25) is 4.90 Å². The predicted molar refractivity (Wildman–Crippen MR) is 103 cm³/mol. The van der Waals surface area contributed by atoms with Crippen molar-refractivity contribution in [1.29, 1.82) is 0 Å². The highest BCUT2D eigenvalue weighted by molar-refractivity contribution is 7.78. The number of allylic oxidation sites excluding steroid dienone is 1. The van der Waals surface area contributed by atoms with Crippen molar-refractivity contribution in [3.05, 3.63) is 33.9 Å². The Morgan fingerprint density at radius 2 is 2.24 bits per heavy atom. The van der Waals surface area contributed by atoms with Crippen molar-refractivity contribution in [2.45, 2.75) is 13.3 Å². The minimum atomic E-state index is -0.239. The first-order chi connectivity index (χ1) is 12.2. The average molecular weight is 379 g/mol. The number of hydrogen-bond donors (Lipinski definition) is 1. The summed E-state index contributed by atoms with van der Waals surface area (Å²) in [5, 5.41) is 6.31. The van der Waals surface area contributed by atoms with Crippen molar-refractivity contribution < 1.29 is 9.53 Å². The molecule has 0 aromatic carbocycles. The van der Waals surface area contributed by atoms with Crippen molar-refractivity contribution >= 4 is 40.7 Å². The molecule has 0 spiro atoms. The standard InChI is InChI=1S/C17H22N4O2S2/c1-2-23-17(22)13-3-4-14(16-18-5-10-25-16)19-15(13)11-20-6-8-21(12-24)9-7-20/h4-5,10,12,19H,2-3,6-9,11H2,1H3. The lowest BCUT2D eigenvalue weighted by molar-refractivity contribution is -0.138. The van der Waals surface area contributed by atoms with Crippen LogP contribution in [0.3, 0.4) is 0 Å². The van der Waals surface area contributed by atoms with Gasteiger partial charge in [0.2, 0.25) is 0 Å². The third kappa shape index (κ3) is 4.45. The van der Waals surface area contributed by atoms with Crippen LogP contribution in [-0.2, 0) is 9.53 Å². The summed E-state index contributed by atoms with van der Waals surface area (Å²) in [6.45, 7) is 6.58. The molecule has 0 radical (unpaired) electrons. The summed E-state index contributed by atoms with van der Waals surface area (Å²) in [7, 11) is 0. The zero-order chi connectivity index (χ0) is 17.6. The molecule has 0 amide bonds. The van der Waals surface area contributed by atoms with Gasteiger partial charge < -0.3 is 15.0 Å². The lowest BCUT2D eigenvalue weighted by Gasteiger charge is -2.35. The molecule has 0 unspecified atom stereocenters. The maximum absolute atomic E-state index is 12.3. The third-order valence-electron chi connectivity index (χ3n) is 4.28. The van der Waals surface area contributed by atoms with E-state index in [0.717, 1.165) is 42.6 Å². The Kier molecular flexibility index (Phi) is 6.17. The van der Waals surface area contributed by atoms with Crippen molar-refractivity contribution in [3.8, 4) is 0 Å². The number of esters is 1. The van der Waals surface area contributed by atoms with Gasteiger partial charge in [-0.1, -0.05) is 18.3 Å². The number of carbonyl (C=O) groups is 1. The number of nitrogens with one attached hydrogen (secondary N) is 1. The topological polar surface area (TPSA) is 57.7 Å². The monoisotopic (exact) mass is 378 g/mol. The lowest BCUT2D eigenvalue weighted by Crippen LogP contribution is -2.47. The van der Waals surface area contributed by atoms with Crippen LogP contribution in [0.25, 0.3) is 5.70 Å². The van der Waals surface area contributed by atoms with E-state index in [9.17, 15) is 4.79 Å². The molecular weight excluding hydrogens is 356 g/mol. The smallest absolute Gasteiger partial charge is 0.336 e. The van der Waals surface area contributed by atoms with Crippen LogP contribution in [0.1, 0.15) is 18.4 Å². The molecule has 0 aliphatic carbocycles. The molecule has 0 atom stereocenters. The number of piperazine rings is 1. The van der Waals surface area contributed by atoms with E-state index in [2.05, 4.69) is 20.1 Å². The number of hydrogen-bond acceptors (Lipinski definition) is 7. The van der Waals surface area contributed by atoms with Gasteiger partial charge in [0.1, 0.15) is 5.01 Å². The first kappa shape index (κ1) is 18.0. The maximum atomic E-state index is 12.3. The number of thiazole rings is 1. The molecular formula is C17H22N4O2S2. The van der Waals surface area contributed by atoms with E-state index in [0.29, 0.717) is 25.1 Å². The van der Waals surface area contributed by atoms with E-state index in [4.69, 9.17) is 17.0 Å². The van der Waals surface area contributed by atoms with Crippen molar-refractivity contribution in [1.82, 2.24) is 20.1 Å². The summed E-state index contributed by atoms with van der Waals surface area (Å²) in [6, 6.07) is 0. The van der Waals surface area contributed by atoms with Gasteiger partial charge in [0.25, 0.3) is 0 Å². The summed E-state index contributed by atoms with van der Waals surface area (Å²) in [5.41, 5.74) is 4.32. The minimum absolute atomic E-state index is 0.239. The molecule has 2 aliphatic rings. The molecule has 0 saturated carbocycles. The summed E-state index contributed by atoms with van der Waals surface area (Å²) in [6.07, 6.45) is 4.37. The molecule has 0 bridgehead atoms. The SMILES string of the molecule is CCOC(=O)C1=C(CN2CCN(C=S)CC2)NC(c2nccs2)=CC1. The van der Waals surface area contributed by atoms with Crippen LogP contribution >= 0.6 is 23.6 Å². The molecule has 3 rings (SSSR count). The first-order valence-electron chi connectivity index (χ1n) is 8.39. The second-order valence-electron chi connectivity index (χ2n) is 5.88. The van der Waals surface area contributed by atoms with Crippen molar-refractivity contribution in [2.24, 2.45) is 0 Å². The fraction of sp³-hybridized carbons (Fsp3) is 0.471. The molecule has 6 nitrogen and oxygen atoms in total. The predicted octanol–water partition coefficient (Wildman–Crippen LogP) is 1.87. The molecule has 1 saturated heterocycles. The molecule has 1 fully saturated rings. The molecule has 3 heterocycles. The fourth-order valence-electron chi connectivity index (χ4n) is 2.92. The van der Waals surface area contributed by atoms with Crippen LogP contribution in [0.5, 0.6) is 0 Å². The maximum Gasteiger partial charge on any atom is 0.336 e. The fourth-order valence-corrected chi connectivity index (χ4v) is 3.77. The summed E-state index contributed by atoms with van der Waals surface area (Å²) >= 11 is 6.59. The van der Waals surface area contributed by atoms with Crippen molar-refractivity contribution in [2.75, 3.05) is 39.3 Å². The van der Waals surface area contributed by atoms with Gasteiger partial charge in [0, 0.05) is 56.4 Å². The van der Waals surface area contributed by atoms with Gasteiger partial charge in [-0.25, -0.2) is 9.78 Å². The van der Waals surface area contributed by atoms with Gasteiger partial charge in [-0.2, -0.15) is 0 Å². The quantitative estimate of drug-likeness (QED) is 0.599. The van der Waals surface area contributed by atoms with Crippen LogP contribution in [0.2, 0.25) is 0 Å². The Hall–Kier alpha value is -1.77. The molecule has 2 aliphatic heterocycles. The van der Waals surface area contributed by atoms with Crippen LogP contribution in [0.15, 0.2) is 28.9 Å². The highest BCUT2D eigenvalue weighted by Crippen LogP contribution is 2.25. The van der Waals surface area contributed by atoms with Crippen LogP contribution in [0, 0.1) is 0 Å². The molecule has 25 heavy (non-hydrogen) atoms. The zero-order valence-electron chi connectivity index (χ0n) is 14.2. The summed E-state index contributed by atoms with van der Waals surface area (Å²) in [4.78, 5) is 21.2. The molecule has 134 valence electrons. The Morgan fingerprint density at radius 3 is 2.88 bits per heavy atom. The van der Waals surface area contributed by atoms with Crippen molar-refractivity contribution in [3.63, 3.8) is 0 Å². The zero-order valence-corrected chi connectivity index (χ0v) is 15.9. The number of ether oxygens (including phenoxy) is 1. The van der Waals surface area contributed by atoms with E-state index >= 15 is 0 Å². The second kappa shape index (κ2) is 8.55. The highest BCUT2D eigenvalue weighted by atomic mass is 32.1.